The van der Waals surface area contributed by atoms with Crippen LogP contribution in [0.3, 0.4) is 0 Å². The number of rotatable bonds is 7. The van der Waals surface area contributed by atoms with E-state index in [0.29, 0.717) is 17.0 Å². The van der Waals surface area contributed by atoms with Crippen molar-refractivity contribution in [3.8, 4) is 0 Å². The Kier molecular flexibility index (Phi) is 7.63. The molecule has 2 aromatic carbocycles. The third-order valence-electron chi connectivity index (χ3n) is 6.49. The zero-order valence-electron chi connectivity index (χ0n) is 19.9. The van der Waals surface area contributed by atoms with E-state index in [0.717, 1.165) is 50.5 Å². The van der Waals surface area contributed by atoms with E-state index in [1.54, 1.807) is 24.3 Å². The van der Waals surface area contributed by atoms with Crippen LogP contribution in [0.1, 0.15) is 22.9 Å². The number of anilines is 1. The largest absolute Gasteiger partial charge is 0.354 e. The molecule has 5 rings (SSSR count). The Hall–Kier alpha value is -3.23. The van der Waals surface area contributed by atoms with Gasteiger partial charge in [0.1, 0.15) is 22.8 Å². The molecule has 1 amide bonds. The second-order valence-corrected chi connectivity index (χ2v) is 10.1. The standard InChI is InChI=1S/C28H28F2N4OS/c29-23-8-3-6-21(18-23)19-25-27(35)34(28(36-25)22-7-4-9-24(30)20-22)13-5-12-32-14-16-33(17-15-32)26-10-1-2-11-31-26/h1-4,6-11,18-20,28H,5,12-17H2. The van der Waals surface area contributed by atoms with Crippen molar-refractivity contribution in [2.45, 2.75) is 11.8 Å². The van der Waals surface area contributed by atoms with Crippen molar-refractivity contribution < 1.29 is 13.6 Å². The minimum absolute atomic E-state index is 0.0986. The summed E-state index contributed by atoms with van der Waals surface area (Å²) >= 11 is 1.39. The fourth-order valence-electron chi connectivity index (χ4n) is 4.66. The number of hydrogen-bond acceptors (Lipinski definition) is 5. The normalized spacial score (nSPS) is 19.9. The topological polar surface area (TPSA) is 39.7 Å². The fraction of sp³-hybridized carbons (Fsp3) is 0.286. The maximum atomic E-state index is 14.0. The Morgan fingerprint density at radius 3 is 2.42 bits per heavy atom. The van der Waals surface area contributed by atoms with E-state index < -0.39 is 0 Å². The van der Waals surface area contributed by atoms with Gasteiger partial charge in [-0.25, -0.2) is 13.8 Å². The smallest absolute Gasteiger partial charge is 0.261 e. The van der Waals surface area contributed by atoms with Crippen molar-refractivity contribution in [2.24, 2.45) is 0 Å². The highest BCUT2D eigenvalue weighted by Gasteiger charge is 2.37. The maximum Gasteiger partial charge on any atom is 0.261 e. The van der Waals surface area contributed by atoms with Gasteiger partial charge >= 0.3 is 0 Å². The van der Waals surface area contributed by atoms with Gasteiger partial charge in [-0.15, -0.1) is 0 Å². The first-order valence-electron chi connectivity index (χ1n) is 12.2. The number of thioether (sulfide) groups is 1. The molecule has 5 nitrogen and oxygen atoms in total. The van der Waals surface area contributed by atoms with Gasteiger partial charge in [0.15, 0.2) is 0 Å². The summed E-state index contributed by atoms with van der Waals surface area (Å²) in [5.74, 6) is 0.237. The number of benzene rings is 2. The molecule has 0 aliphatic carbocycles. The summed E-state index contributed by atoms with van der Waals surface area (Å²) in [4.78, 5) is 24.9. The van der Waals surface area contributed by atoms with Crippen LogP contribution in [-0.2, 0) is 4.79 Å². The lowest BCUT2D eigenvalue weighted by Gasteiger charge is -2.35. The highest BCUT2D eigenvalue weighted by molar-refractivity contribution is 8.04. The quantitative estimate of drug-likeness (QED) is 0.413. The highest BCUT2D eigenvalue weighted by atomic mass is 32.2. The van der Waals surface area contributed by atoms with Gasteiger partial charge in [-0.1, -0.05) is 42.1 Å². The zero-order valence-corrected chi connectivity index (χ0v) is 20.7. The molecule has 2 aliphatic rings. The van der Waals surface area contributed by atoms with Crippen molar-refractivity contribution in [1.82, 2.24) is 14.8 Å². The van der Waals surface area contributed by atoms with E-state index >= 15 is 0 Å². The first kappa shape index (κ1) is 24.5. The van der Waals surface area contributed by atoms with Gasteiger partial charge in [0, 0.05) is 38.9 Å². The Morgan fingerprint density at radius 2 is 1.69 bits per heavy atom. The average molecular weight is 507 g/mol. The molecule has 2 saturated heterocycles. The molecule has 0 radical (unpaired) electrons. The lowest BCUT2D eigenvalue weighted by Crippen LogP contribution is -2.47. The lowest BCUT2D eigenvalue weighted by atomic mass is 10.1. The van der Waals surface area contributed by atoms with E-state index in [-0.39, 0.29) is 22.9 Å². The minimum Gasteiger partial charge on any atom is -0.354 e. The molecule has 0 saturated carbocycles. The average Bonchev–Trinajstić information content (AvgIpc) is 3.20. The van der Waals surface area contributed by atoms with Gasteiger partial charge < -0.3 is 9.80 Å². The predicted molar refractivity (Wildman–Crippen MR) is 140 cm³/mol. The number of hydrogen-bond donors (Lipinski definition) is 0. The molecule has 186 valence electrons. The van der Waals surface area contributed by atoms with Gasteiger partial charge in [0.05, 0.1) is 4.91 Å². The van der Waals surface area contributed by atoms with Crippen LogP contribution in [0.5, 0.6) is 0 Å². The summed E-state index contributed by atoms with van der Waals surface area (Å²) in [6.45, 7) is 5.16. The van der Waals surface area contributed by atoms with Gasteiger partial charge in [0.25, 0.3) is 5.91 Å². The summed E-state index contributed by atoms with van der Waals surface area (Å²) in [6.07, 6.45) is 4.35. The summed E-state index contributed by atoms with van der Waals surface area (Å²) in [7, 11) is 0. The van der Waals surface area contributed by atoms with E-state index in [1.807, 2.05) is 35.4 Å². The van der Waals surface area contributed by atoms with Crippen LogP contribution >= 0.6 is 11.8 Å². The number of nitrogens with zero attached hydrogens (tertiary/aromatic N) is 4. The number of amides is 1. The third kappa shape index (κ3) is 5.77. The maximum absolute atomic E-state index is 14.0. The molecule has 0 spiro atoms. The monoisotopic (exact) mass is 506 g/mol. The van der Waals surface area contributed by atoms with E-state index in [4.69, 9.17) is 0 Å². The Labute approximate surface area is 214 Å². The number of aromatic nitrogens is 1. The highest BCUT2D eigenvalue weighted by Crippen LogP contribution is 2.46. The minimum atomic E-state index is -0.346. The lowest BCUT2D eigenvalue weighted by molar-refractivity contribution is -0.126. The van der Waals surface area contributed by atoms with Crippen LogP contribution in [0.4, 0.5) is 14.6 Å². The van der Waals surface area contributed by atoms with Gasteiger partial charge in [-0.05, 0) is 66.6 Å². The van der Waals surface area contributed by atoms with Gasteiger partial charge in [-0.3, -0.25) is 9.69 Å². The second kappa shape index (κ2) is 11.2. The van der Waals surface area contributed by atoms with Crippen LogP contribution in [0.15, 0.2) is 77.8 Å². The van der Waals surface area contributed by atoms with Crippen LogP contribution in [0.2, 0.25) is 0 Å². The molecule has 0 N–H and O–H groups in total. The molecule has 2 fully saturated rings. The van der Waals surface area contributed by atoms with Crippen molar-refractivity contribution in [3.63, 3.8) is 0 Å². The molecule has 1 aromatic heterocycles. The fourth-order valence-corrected chi connectivity index (χ4v) is 5.93. The number of carbonyl (C=O) groups excluding carboxylic acids is 1. The number of pyridine rings is 1. The van der Waals surface area contributed by atoms with Crippen molar-refractivity contribution in [1.29, 1.82) is 0 Å². The molecule has 3 aromatic rings. The molecule has 8 heteroatoms. The molecule has 36 heavy (non-hydrogen) atoms. The number of halogens is 2. The van der Waals surface area contributed by atoms with Crippen molar-refractivity contribution >= 4 is 29.6 Å². The van der Waals surface area contributed by atoms with Gasteiger partial charge in [-0.2, -0.15) is 0 Å². The summed E-state index contributed by atoms with van der Waals surface area (Å²) in [6, 6.07) is 18.6. The van der Waals surface area contributed by atoms with E-state index in [9.17, 15) is 13.6 Å². The van der Waals surface area contributed by atoms with E-state index in [2.05, 4.69) is 14.8 Å². The number of carbonyl (C=O) groups is 1. The third-order valence-corrected chi connectivity index (χ3v) is 7.79. The van der Waals surface area contributed by atoms with Crippen LogP contribution in [0.25, 0.3) is 6.08 Å². The number of piperazine rings is 1. The molecule has 0 bridgehead atoms. The molecule has 3 heterocycles. The molecule has 1 unspecified atom stereocenters. The van der Waals surface area contributed by atoms with Gasteiger partial charge in [0.2, 0.25) is 0 Å². The van der Waals surface area contributed by atoms with Crippen LogP contribution < -0.4 is 4.90 Å². The molecular formula is C28H28F2N4OS. The summed E-state index contributed by atoms with van der Waals surface area (Å²) < 4.78 is 27.7. The van der Waals surface area contributed by atoms with E-state index in [1.165, 1.54) is 36.0 Å². The first-order valence-corrected chi connectivity index (χ1v) is 13.0. The SMILES string of the molecule is O=C1C(=Cc2cccc(F)c2)SC(c2cccc(F)c2)N1CCCN1CCN(c2ccccn2)CC1. The second-order valence-electron chi connectivity index (χ2n) is 8.96. The zero-order chi connectivity index (χ0) is 24.9. The molecular weight excluding hydrogens is 478 g/mol. The molecule has 1 atom stereocenters. The summed E-state index contributed by atoms with van der Waals surface area (Å²) in [5.41, 5.74) is 1.39. The van der Waals surface area contributed by atoms with Crippen LogP contribution in [0, 0.1) is 11.6 Å². The van der Waals surface area contributed by atoms with Crippen LogP contribution in [-0.4, -0.2) is 60.0 Å². The van der Waals surface area contributed by atoms with Crippen molar-refractivity contribution in [2.75, 3.05) is 44.2 Å². The predicted octanol–water partition coefficient (Wildman–Crippen LogP) is 5.19. The Morgan fingerprint density at radius 1 is 0.917 bits per heavy atom. The molecule has 2 aliphatic heterocycles. The first-order chi connectivity index (χ1) is 17.6. The van der Waals surface area contributed by atoms with Crippen molar-refractivity contribution in [3.05, 3.63) is 101 Å². The Bertz CT molecular complexity index is 1230. The Balaban J connectivity index is 1.24. The summed E-state index contributed by atoms with van der Waals surface area (Å²) in [5, 5.41) is -0.311.